The van der Waals surface area contributed by atoms with Crippen molar-refractivity contribution >= 4 is 17.7 Å². The number of morpholine rings is 1. The predicted octanol–water partition coefficient (Wildman–Crippen LogP) is 1.87. The van der Waals surface area contributed by atoms with Gasteiger partial charge in [-0.15, -0.1) is 0 Å². The van der Waals surface area contributed by atoms with E-state index < -0.39 is 5.60 Å². The Labute approximate surface area is 174 Å². The maximum atomic E-state index is 10.7. The molecule has 1 aromatic carbocycles. The van der Waals surface area contributed by atoms with Gasteiger partial charge in [-0.1, -0.05) is 29.8 Å². The Bertz CT molecular complexity index is 587. The molecule has 1 aliphatic rings. The highest BCUT2D eigenvalue weighted by molar-refractivity contribution is 7.98. The molecule has 0 spiro atoms. The van der Waals surface area contributed by atoms with Crippen molar-refractivity contribution in [1.29, 1.82) is 0 Å². The zero-order chi connectivity index (χ0) is 20.2. The summed E-state index contributed by atoms with van der Waals surface area (Å²) in [6, 6.07) is 8.70. The number of rotatable bonds is 10. The minimum Gasteiger partial charge on any atom is -0.387 e. The van der Waals surface area contributed by atoms with Gasteiger partial charge in [0.2, 0.25) is 0 Å². The quantitative estimate of drug-likeness (QED) is 0.312. The van der Waals surface area contributed by atoms with Gasteiger partial charge >= 0.3 is 0 Å². The van der Waals surface area contributed by atoms with Crippen LogP contribution in [-0.4, -0.2) is 79.8 Å². The summed E-state index contributed by atoms with van der Waals surface area (Å²) in [6.07, 6.45) is 0. The van der Waals surface area contributed by atoms with E-state index in [1.807, 2.05) is 18.7 Å². The molecule has 1 unspecified atom stereocenters. The first-order valence-corrected chi connectivity index (χ1v) is 11.3. The first-order valence-electron chi connectivity index (χ1n) is 10.2. The molecular weight excluding hydrogens is 372 g/mol. The third-order valence-corrected chi connectivity index (χ3v) is 5.55. The average molecular weight is 409 g/mol. The van der Waals surface area contributed by atoms with Crippen LogP contribution in [0.25, 0.3) is 0 Å². The van der Waals surface area contributed by atoms with Crippen LogP contribution in [0.2, 0.25) is 0 Å². The van der Waals surface area contributed by atoms with Gasteiger partial charge in [-0.3, -0.25) is 9.89 Å². The average Bonchev–Trinajstić information content (AvgIpc) is 2.67. The molecule has 1 heterocycles. The van der Waals surface area contributed by atoms with E-state index in [2.05, 4.69) is 58.6 Å². The van der Waals surface area contributed by atoms with Crippen molar-refractivity contribution in [3.63, 3.8) is 0 Å². The number of aryl methyl sites for hydroxylation is 1. The van der Waals surface area contributed by atoms with E-state index in [-0.39, 0.29) is 0 Å². The van der Waals surface area contributed by atoms with Crippen LogP contribution in [0.5, 0.6) is 0 Å². The van der Waals surface area contributed by atoms with Crippen LogP contribution in [0.1, 0.15) is 25.0 Å². The molecule has 0 amide bonds. The largest absolute Gasteiger partial charge is 0.387 e. The van der Waals surface area contributed by atoms with Crippen LogP contribution in [0.3, 0.4) is 0 Å². The van der Waals surface area contributed by atoms with Crippen molar-refractivity contribution < 1.29 is 9.84 Å². The van der Waals surface area contributed by atoms with E-state index in [9.17, 15) is 5.11 Å². The molecule has 0 aliphatic carbocycles. The predicted molar refractivity (Wildman–Crippen MR) is 119 cm³/mol. The van der Waals surface area contributed by atoms with Crippen molar-refractivity contribution in [3.05, 3.63) is 35.4 Å². The minimum absolute atomic E-state index is 0.371. The SMILES string of the molecule is CCNC(=NCC(C)(O)CN1CCOCC1)NCCSCc1ccc(C)cc1. The van der Waals surface area contributed by atoms with Crippen LogP contribution in [-0.2, 0) is 10.5 Å². The molecule has 1 fully saturated rings. The van der Waals surface area contributed by atoms with Gasteiger partial charge in [-0.05, 0) is 26.3 Å². The van der Waals surface area contributed by atoms with Crippen LogP contribution in [0, 0.1) is 6.92 Å². The fourth-order valence-corrected chi connectivity index (χ4v) is 3.82. The number of ether oxygens (including phenoxy) is 1. The second-order valence-electron chi connectivity index (χ2n) is 7.55. The van der Waals surface area contributed by atoms with E-state index >= 15 is 0 Å². The molecule has 0 saturated carbocycles. The molecule has 0 radical (unpaired) electrons. The molecular formula is C21H36N4O2S. The van der Waals surface area contributed by atoms with Gasteiger partial charge in [0.25, 0.3) is 0 Å². The topological polar surface area (TPSA) is 69.1 Å². The lowest BCUT2D eigenvalue weighted by Crippen LogP contribution is -2.48. The number of nitrogens with zero attached hydrogens (tertiary/aromatic N) is 2. The van der Waals surface area contributed by atoms with Gasteiger partial charge in [0, 0.05) is 44.2 Å². The van der Waals surface area contributed by atoms with Crippen molar-refractivity contribution in [2.75, 3.05) is 58.2 Å². The summed E-state index contributed by atoms with van der Waals surface area (Å²) in [7, 11) is 0. The first kappa shape index (κ1) is 23.0. The molecule has 3 N–H and O–H groups in total. The molecule has 0 aromatic heterocycles. The molecule has 1 atom stereocenters. The first-order chi connectivity index (χ1) is 13.5. The molecule has 7 heteroatoms. The third-order valence-electron chi connectivity index (χ3n) is 4.52. The van der Waals surface area contributed by atoms with Crippen LogP contribution >= 0.6 is 11.8 Å². The smallest absolute Gasteiger partial charge is 0.191 e. The van der Waals surface area contributed by atoms with Gasteiger partial charge in [0.1, 0.15) is 0 Å². The van der Waals surface area contributed by atoms with Gasteiger partial charge in [-0.2, -0.15) is 11.8 Å². The zero-order valence-electron chi connectivity index (χ0n) is 17.5. The molecule has 6 nitrogen and oxygen atoms in total. The molecule has 28 heavy (non-hydrogen) atoms. The number of aliphatic hydroxyl groups is 1. The van der Waals surface area contributed by atoms with Gasteiger partial charge < -0.3 is 20.5 Å². The monoisotopic (exact) mass is 408 g/mol. The summed E-state index contributed by atoms with van der Waals surface area (Å²) in [5.74, 6) is 2.78. The van der Waals surface area contributed by atoms with E-state index in [1.54, 1.807) is 0 Å². The van der Waals surface area contributed by atoms with E-state index in [1.165, 1.54) is 11.1 Å². The summed E-state index contributed by atoms with van der Waals surface area (Å²) < 4.78 is 5.37. The normalized spacial score (nSPS) is 17.9. The second-order valence-corrected chi connectivity index (χ2v) is 8.65. The van der Waals surface area contributed by atoms with E-state index in [4.69, 9.17) is 4.74 Å². The van der Waals surface area contributed by atoms with Crippen LogP contribution < -0.4 is 10.6 Å². The summed E-state index contributed by atoms with van der Waals surface area (Å²) >= 11 is 1.91. The number of thioether (sulfide) groups is 1. The Morgan fingerprint density at radius 1 is 1.25 bits per heavy atom. The van der Waals surface area contributed by atoms with Gasteiger partial charge in [0.05, 0.1) is 25.4 Å². The van der Waals surface area contributed by atoms with E-state index in [0.29, 0.717) is 13.1 Å². The lowest BCUT2D eigenvalue weighted by Gasteiger charge is -2.33. The second kappa shape index (κ2) is 12.3. The molecule has 158 valence electrons. The Morgan fingerprint density at radius 3 is 2.64 bits per heavy atom. The fraction of sp³-hybridized carbons (Fsp3) is 0.667. The number of β-amino-alcohol motifs (C(OH)–C–C–N with tert-alkyl or cyclic N) is 1. The number of benzene rings is 1. The Hall–Kier alpha value is -1.28. The fourth-order valence-electron chi connectivity index (χ4n) is 3.00. The number of guanidine groups is 1. The van der Waals surface area contributed by atoms with Gasteiger partial charge in [0.15, 0.2) is 5.96 Å². The standard InChI is InChI=1S/C21H36N4O2S/c1-4-22-20(23-9-14-28-15-19-7-5-18(2)6-8-19)24-16-21(3,26)17-25-10-12-27-13-11-25/h5-8,26H,4,9-17H2,1-3H3,(H2,22,23,24). The minimum atomic E-state index is -0.847. The summed E-state index contributed by atoms with van der Waals surface area (Å²) in [4.78, 5) is 6.83. The summed E-state index contributed by atoms with van der Waals surface area (Å²) in [5, 5.41) is 17.3. The zero-order valence-corrected chi connectivity index (χ0v) is 18.4. The highest BCUT2D eigenvalue weighted by Crippen LogP contribution is 2.12. The number of aliphatic imine (C=N–C) groups is 1. The maximum Gasteiger partial charge on any atom is 0.191 e. The Balaban J connectivity index is 1.70. The maximum absolute atomic E-state index is 10.7. The third kappa shape index (κ3) is 9.28. The van der Waals surface area contributed by atoms with Crippen molar-refractivity contribution in [1.82, 2.24) is 15.5 Å². The molecule has 1 aromatic rings. The van der Waals surface area contributed by atoms with Crippen molar-refractivity contribution in [2.24, 2.45) is 4.99 Å². The molecule has 2 rings (SSSR count). The highest BCUT2D eigenvalue weighted by atomic mass is 32.2. The lowest BCUT2D eigenvalue weighted by molar-refractivity contribution is -0.0179. The van der Waals surface area contributed by atoms with Crippen molar-refractivity contribution in [3.8, 4) is 0 Å². The summed E-state index contributed by atoms with van der Waals surface area (Å²) in [5.41, 5.74) is 1.81. The lowest BCUT2D eigenvalue weighted by atomic mass is 10.1. The van der Waals surface area contributed by atoms with Crippen LogP contribution in [0.4, 0.5) is 0 Å². The number of hydrogen-bond acceptors (Lipinski definition) is 5. The number of nitrogens with one attached hydrogen (secondary N) is 2. The molecule has 1 aliphatic heterocycles. The highest BCUT2D eigenvalue weighted by Gasteiger charge is 2.25. The van der Waals surface area contributed by atoms with Crippen LogP contribution in [0.15, 0.2) is 29.3 Å². The molecule has 1 saturated heterocycles. The van der Waals surface area contributed by atoms with Gasteiger partial charge in [-0.25, -0.2) is 0 Å². The van der Waals surface area contributed by atoms with Crippen molar-refractivity contribution in [2.45, 2.75) is 32.1 Å². The Morgan fingerprint density at radius 2 is 1.96 bits per heavy atom. The molecule has 0 bridgehead atoms. The van der Waals surface area contributed by atoms with E-state index in [0.717, 1.165) is 56.9 Å². The summed E-state index contributed by atoms with van der Waals surface area (Å²) in [6.45, 7) is 11.9. The number of hydrogen-bond donors (Lipinski definition) is 3. The Kier molecular flexibility index (Phi) is 10.1.